The number of aryl methyl sites for hydroxylation is 1. The Bertz CT molecular complexity index is 551. The number of benzene rings is 1. The molecule has 0 saturated carbocycles. The number of carbonyl (C=O) groups excluding carboxylic acids is 2. The Kier molecular flexibility index (Phi) is 7.09. The number of para-hydroxylation sites is 1. The van der Waals surface area contributed by atoms with E-state index in [0.29, 0.717) is 45.4 Å². The number of methoxy groups -OCH3 is 1. The number of hydrogen-bond acceptors (Lipinski definition) is 3. The summed E-state index contributed by atoms with van der Waals surface area (Å²) in [6, 6.07) is 7.80. The van der Waals surface area contributed by atoms with Gasteiger partial charge in [0.25, 0.3) is 0 Å². The lowest BCUT2D eigenvalue weighted by atomic mass is 10.1. The van der Waals surface area contributed by atoms with Crippen LogP contribution < -0.4 is 4.74 Å². The standard InChI is InChI=1S/C19H28N2O3/c1-3-4-9-18(22)20-12-14-21(15-13-20)19(23)11-10-16-7-5-6-8-17(16)24-2/h5-8H,3-4,9-15H2,1-2H3. The molecule has 5 nitrogen and oxygen atoms in total. The summed E-state index contributed by atoms with van der Waals surface area (Å²) in [6.45, 7) is 4.68. The first-order valence-corrected chi connectivity index (χ1v) is 8.83. The maximum Gasteiger partial charge on any atom is 0.223 e. The molecule has 132 valence electrons. The molecule has 1 heterocycles. The highest BCUT2D eigenvalue weighted by molar-refractivity contribution is 5.78. The van der Waals surface area contributed by atoms with Crippen LogP contribution in [-0.2, 0) is 16.0 Å². The summed E-state index contributed by atoms with van der Waals surface area (Å²) in [6.07, 6.45) is 3.75. The van der Waals surface area contributed by atoms with Crippen molar-refractivity contribution in [3.05, 3.63) is 29.8 Å². The van der Waals surface area contributed by atoms with Crippen molar-refractivity contribution in [1.29, 1.82) is 0 Å². The zero-order valence-electron chi connectivity index (χ0n) is 14.8. The second-order valence-electron chi connectivity index (χ2n) is 6.18. The molecule has 5 heteroatoms. The van der Waals surface area contributed by atoms with Gasteiger partial charge in [-0.3, -0.25) is 9.59 Å². The molecule has 0 unspecified atom stereocenters. The van der Waals surface area contributed by atoms with E-state index < -0.39 is 0 Å². The Balaban J connectivity index is 1.77. The third-order valence-electron chi connectivity index (χ3n) is 4.53. The van der Waals surface area contributed by atoms with Gasteiger partial charge in [-0.05, 0) is 24.5 Å². The first kappa shape index (κ1) is 18.3. The molecular weight excluding hydrogens is 304 g/mol. The molecule has 1 aliphatic heterocycles. The topological polar surface area (TPSA) is 49.9 Å². The fourth-order valence-electron chi connectivity index (χ4n) is 3.00. The van der Waals surface area contributed by atoms with Crippen LogP contribution >= 0.6 is 0 Å². The summed E-state index contributed by atoms with van der Waals surface area (Å²) in [4.78, 5) is 28.2. The second kappa shape index (κ2) is 9.30. The lowest BCUT2D eigenvalue weighted by Gasteiger charge is -2.35. The predicted molar refractivity (Wildman–Crippen MR) is 94.0 cm³/mol. The maximum atomic E-state index is 12.4. The highest BCUT2D eigenvalue weighted by Gasteiger charge is 2.23. The lowest BCUT2D eigenvalue weighted by Crippen LogP contribution is -2.50. The molecule has 0 spiro atoms. The van der Waals surface area contributed by atoms with Crippen molar-refractivity contribution in [1.82, 2.24) is 9.80 Å². The summed E-state index contributed by atoms with van der Waals surface area (Å²) in [5.41, 5.74) is 1.06. The molecular formula is C19H28N2O3. The fraction of sp³-hybridized carbons (Fsp3) is 0.579. The van der Waals surface area contributed by atoms with Crippen molar-refractivity contribution in [2.75, 3.05) is 33.3 Å². The quantitative estimate of drug-likeness (QED) is 0.771. The number of hydrogen-bond donors (Lipinski definition) is 0. The van der Waals surface area contributed by atoms with Crippen LogP contribution in [-0.4, -0.2) is 54.9 Å². The van der Waals surface area contributed by atoms with Crippen molar-refractivity contribution < 1.29 is 14.3 Å². The Morgan fingerprint density at radius 1 is 1.00 bits per heavy atom. The third kappa shape index (κ3) is 4.98. The van der Waals surface area contributed by atoms with Gasteiger partial charge < -0.3 is 14.5 Å². The Hall–Kier alpha value is -2.04. The van der Waals surface area contributed by atoms with E-state index >= 15 is 0 Å². The van der Waals surface area contributed by atoms with E-state index in [1.54, 1.807) is 7.11 Å². The molecule has 0 radical (unpaired) electrons. The zero-order chi connectivity index (χ0) is 17.4. The van der Waals surface area contributed by atoms with Gasteiger partial charge in [-0.1, -0.05) is 31.5 Å². The Morgan fingerprint density at radius 3 is 2.17 bits per heavy atom. The molecule has 0 bridgehead atoms. The van der Waals surface area contributed by atoms with E-state index in [9.17, 15) is 9.59 Å². The molecule has 1 aromatic rings. The second-order valence-corrected chi connectivity index (χ2v) is 6.18. The van der Waals surface area contributed by atoms with Gasteiger partial charge in [-0.2, -0.15) is 0 Å². The predicted octanol–water partition coefficient (Wildman–Crippen LogP) is 2.49. The molecule has 2 amide bonds. The molecule has 0 aromatic heterocycles. The SMILES string of the molecule is CCCCC(=O)N1CCN(C(=O)CCc2ccccc2OC)CC1. The van der Waals surface area contributed by atoms with E-state index in [1.807, 2.05) is 34.1 Å². The normalized spacial score (nSPS) is 14.6. The van der Waals surface area contributed by atoms with Gasteiger partial charge in [-0.25, -0.2) is 0 Å². The Labute approximate surface area is 144 Å². The van der Waals surface area contributed by atoms with E-state index in [4.69, 9.17) is 4.74 Å². The van der Waals surface area contributed by atoms with E-state index in [-0.39, 0.29) is 11.8 Å². The van der Waals surface area contributed by atoms with Gasteiger partial charge in [0.2, 0.25) is 11.8 Å². The van der Waals surface area contributed by atoms with Gasteiger partial charge in [0.1, 0.15) is 5.75 Å². The van der Waals surface area contributed by atoms with Crippen LogP contribution in [0.5, 0.6) is 5.75 Å². The molecule has 0 atom stereocenters. The molecule has 1 aliphatic rings. The maximum absolute atomic E-state index is 12.4. The number of piperazine rings is 1. The number of amides is 2. The van der Waals surface area contributed by atoms with E-state index in [0.717, 1.165) is 24.2 Å². The van der Waals surface area contributed by atoms with Gasteiger partial charge in [0, 0.05) is 39.0 Å². The van der Waals surface area contributed by atoms with Crippen molar-refractivity contribution in [3.63, 3.8) is 0 Å². The van der Waals surface area contributed by atoms with E-state index in [1.165, 1.54) is 0 Å². The van der Waals surface area contributed by atoms with Crippen LogP contribution in [0.3, 0.4) is 0 Å². The van der Waals surface area contributed by atoms with Gasteiger partial charge in [0.15, 0.2) is 0 Å². The smallest absolute Gasteiger partial charge is 0.223 e. The van der Waals surface area contributed by atoms with Crippen molar-refractivity contribution in [2.45, 2.75) is 39.0 Å². The third-order valence-corrected chi connectivity index (χ3v) is 4.53. The summed E-state index contributed by atoms with van der Waals surface area (Å²) in [5, 5.41) is 0. The summed E-state index contributed by atoms with van der Waals surface area (Å²) in [5.74, 6) is 1.20. The number of ether oxygens (including phenoxy) is 1. The number of unbranched alkanes of at least 4 members (excludes halogenated alkanes) is 1. The van der Waals surface area contributed by atoms with Crippen LogP contribution in [0.4, 0.5) is 0 Å². The first-order valence-electron chi connectivity index (χ1n) is 8.83. The van der Waals surface area contributed by atoms with Gasteiger partial charge >= 0.3 is 0 Å². The Morgan fingerprint density at radius 2 is 1.58 bits per heavy atom. The summed E-state index contributed by atoms with van der Waals surface area (Å²) < 4.78 is 5.33. The molecule has 1 aromatic carbocycles. The molecule has 1 saturated heterocycles. The number of carbonyl (C=O) groups is 2. The summed E-state index contributed by atoms with van der Waals surface area (Å²) >= 11 is 0. The molecule has 1 fully saturated rings. The van der Waals surface area contributed by atoms with Gasteiger partial charge in [0.05, 0.1) is 7.11 Å². The van der Waals surface area contributed by atoms with Crippen molar-refractivity contribution >= 4 is 11.8 Å². The van der Waals surface area contributed by atoms with Gasteiger partial charge in [-0.15, -0.1) is 0 Å². The molecule has 0 aliphatic carbocycles. The van der Waals surface area contributed by atoms with Crippen molar-refractivity contribution in [3.8, 4) is 5.75 Å². The minimum Gasteiger partial charge on any atom is -0.496 e. The average molecular weight is 332 g/mol. The molecule has 0 N–H and O–H groups in total. The monoisotopic (exact) mass is 332 g/mol. The fourth-order valence-corrected chi connectivity index (χ4v) is 3.00. The summed E-state index contributed by atoms with van der Waals surface area (Å²) in [7, 11) is 1.65. The van der Waals surface area contributed by atoms with Crippen LogP contribution in [0, 0.1) is 0 Å². The molecule has 24 heavy (non-hydrogen) atoms. The average Bonchev–Trinajstić information content (AvgIpc) is 2.64. The van der Waals surface area contributed by atoms with Crippen LogP contribution in [0.1, 0.15) is 38.2 Å². The van der Waals surface area contributed by atoms with E-state index in [2.05, 4.69) is 6.92 Å². The highest BCUT2D eigenvalue weighted by atomic mass is 16.5. The van der Waals surface area contributed by atoms with Crippen molar-refractivity contribution in [2.24, 2.45) is 0 Å². The lowest BCUT2D eigenvalue weighted by molar-refractivity contribution is -0.139. The van der Waals surface area contributed by atoms with Crippen LogP contribution in [0.2, 0.25) is 0 Å². The molecule has 2 rings (SSSR count). The first-order chi connectivity index (χ1) is 11.7. The minimum atomic E-state index is 0.154. The number of nitrogens with zero attached hydrogens (tertiary/aromatic N) is 2. The number of rotatable bonds is 7. The zero-order valence-corrected chi connectivity index (χ0v) is 14.8. The van der Waals surface area contributed by atoms with Crippen LogP contribution in [0.15, 0.2) is 24.3 Å². The largest absolute Gasteiger partial charge is 0.496 e. The van der Waals surface area contributed by atoms with Crippen LogP contribution in [0.25, 0.3) is 0 Å². The highest BCUT2D eigenvalue weighted by Crippen LogP contribution is 2.19. The minimum absolute atomic E-state index is 0.154.